The van der Waals surface area contributed by atoms with Gasteiger partial charge in [-0.15, -0.1) is 0 Å². The molecule has 0 aromatic rings. The smallest absolute Gasteiger partial charge is 0.164 e. The Morgan fingerprint density at radius 2 is 2.08 bits per heavy atom. The van der Waals surface area contributed by atoms with Crippen LogP contribution in [0.15, 0.2) is 0 Å². The molecule has 0 aromatic carbocycles. The molecule has 3 nitrogen and oxygen atoms in total. The van der Waals surface area contributed by atoms with Crippen LogP contribution < -0.4 is 5.73 Å². The molecule has 0 spiro atoms. The van der Waals surface area contributed by atoms with E-state index >= 15 is 0 Å². The van der Waals surface area contributed by atoms with Gasteiger partial charge in [-0.2, -0.15) is 0 Å². The molecule has 0 radical (unpaired) electrons. The summed E-state index contributed by atoms with van der Waals surface area (Å²) in [5.74, 6) is -1.05. The minimum absolute atomic E-state index is 0.401. The zero-order chi connectivity index (χ0) is 9.61. The molecule has 0 heterocycles. The molecule has 0 aliphatic rings. The van der Waals surface area contributed by atoms with Crippen molar-refractivity contribution >= 4 is 0 Å². The Bertz CT molecular complexity index is 113. The first-order valence-electron chi connectivity index (χ1n) is 4.63. The van der Waals surface area contributed by atoms with Crippen molar-refractivity contribution in [3.63, 3.8) is 0 Å². The Hall–Kier alpha value is -0.120. The van der Waals surface area contributed by atoms with E-state index in [0.717, 1.165) is 19.3 Å². The molecule has 0 bridgehead atoms. The number of unbranched alkanes of at least 4 members (excludes halogenated alkanes) is 2. The molecule has 2 atom stereocenters. The Balaban J connectivity index is 3.56. The second-order valence-electron chi connectivity index (χ2n) is 3.46. The molecule has 0 rings (SSSR count). The van der Waals surface area contributed by atoms with Gasteiger partial charge in [-0.25, -0.2) is 0 Å². The fourth-order valence-corrected chi connectivity index (χ4v) is 1.16. The van der Waals surface area contributed by atoms with Crippen LogP contribution in [0.25, 0.3) is 0 Å². The summed E-state index contributed by atoms with van der Waals surface area (Å²) >= 11 is 0. The number of hydrogen-bond donors (Lipinski definition) is 2. The van der Waals surface area contributed by atoms with Crippen molar-refractivity contribution in [2.45, 2.75) is 58.5 Å². The quantitative estimate of drug-likeness (QED) is 0.476. The number of hydrogen-bond acceptors (Lipinski definition) is 3. The average Bonchev–Trinajstić information content (AvgIpc) is 1.84. The maximum absolute atomic E-state index is 9.61. The van der Waals surface area contributed by atoms with Crippen molar-refractivity contribution in [1.29, 1.82) is 0 Å². The molecular formula is C9H21NO2. The lowest BCUT2D eigenvalue weighted by molar-refractivity contribution is -0.217. The molecule has 0 aliphatic carbocycles. The molecule has 12 heavy (non-hydrogen) atoms. The van der Waals surface area contributed by atoms with Crippen LogP contribution in [0, 0.1) is 0 Å². The molecule has 0 amide bonds. The van der Waals surface area contributed by atoms with E-state index in [1.807, 2.05) is 0 Å². The third-order valence-electron chi connectivity index (χ3n) is 1.68. The lowest BCUT2D eigenvalue weighted by atomic mass is 10.1. The second-order valence-corrected chi connectivity index (χ2v) is 3.46. The van der Waals surface area contributed by atoms with Gasteiger partial charge in [0.25, 0.3) is 0 Å². The Kier molecular flexibility index (Phi) is 5.46. The third kappa shape index (κ3) is 6.58. The first kappa shape index (κ1) is 11.9. The summed E-state index contributed by atoms with van der Waals surface area (Å²) in [5, 5.41) is 9.61. The van der Waals surface area contributed by atoms with Gasteiger partial charge in [0.15, 0.2) is 5.79 Å². The van der Waals surface area contributed by atoms with Crippen LogP contribution in [0.1, 0.15) is 46.5 Å². The van der Waals surface area contributed by atoms with E-state index < -0.39 is 12.0 Å². The maximum Gasteiger partial charge on any atom is 0.164 e. The van der Waals surface area contributed by atoms with Gasteiger partial charge in [0.1, 0.15) is 6.23 Å². The highest BCUT2D eigenvalue weighted by atomic mass is 16.6. The predicted octanol–water partition coefficient (Wildman–Crippen LogP) is 1.60. The Morgan fingerprint density at radius 3 is 2.50 bits per heavy atom. The van der Waals surface area contributed by atoms with Gasteiger partial charge in [-0.1, -0.05) is 19.8 Å². The van der Waals surface area contributed by atoms with Crippen LogP contribution in [-0.4, -0.2) is 17.1 Å². The molecule has 3 heteroatoms. The van der Waals surface area contributed by atoms with E-state index in [1.165, 1.54) is 0 Å². The molecule has 74 valence electrons. The van der Waals surface area contributed by atoms with E-state index in [4.69, 9.17) is 10.5 Å². The predicted molar refractivity (Wildman–Crippen MR) is 49.5 cm³/mol. The topological polar surface area (TPSA) is 55.5 Å². The van der Waals surface area contributed by atoms with Crippen molar-refractivity contribution in [3.05, 3.63) is 0 Å². The Morgan fingerprint density at radius 1 is 1.50 bits per heavy atom. The first-order valence-corrected chi connectivity index (χ1v) is 4.63. The van der Waals surface area contributed by atoms with Gasteiger partial charge in [-0.05, 0) is 20.3 Å². The molecule has 2 unspecified atom stereocenters. The van der Waals surface area contributed by atoms with Crippen molar-refractivity contribution < 1.29 is 9.84 Å². The molecule has 0 aromatic heterocycles. The van der Waals surface area contributed by atoms with Crippen molar-refractivity contribution in [2.75, 3.05) is 0 Å². The van der Waals surface area contributed by atoms with E-state index in [0.29, 0.717) is 6.42 Å². The normalized spacial score (nSPS) is 18.8. The van der Waals surface area contributed by atoms with Gasteiger partial charge in [0.05, 0.1) is 0 Å². The zero-order valence-corrected chi connectivity index (χ0v) is 8.34. The van der Waals surface area contributed by atoms with Gasteiger partial charge in [0.2, 0.25) is 0 Å². The summed E-state index contributed by atoms with van der Waals surface area (Å²) in [6.45, 7) is 5.50. The maximum atomic E-state index is 9.61. The first-order chi connectivity index (χ1) is 5.48. The van der Waals surface area contributed by atoms with Gasteiger partial charge in [-0.3, -0.25) is 0 Å². The second kappa shape index (κ2) is 5.51. The van der Waals surface area contributed by atoms with Crippen LogP contribution in [0.2, 0.25) is 0 Å². The molecule has 0 saturated heterocycles. The van der Waals surface area contributed by atoms with Crippen LogP contribution in [0.4, 0.5) is 0 Å². The summed E-state index contributed by atoms with van der Waals surface area (Å²) in [6, 6.07) is 0. The largest absolute Gasteiger partial charge is 0.366 e. The SMILES string of the molecule is CCCCCC(C)(O)OC(C)N. The highest BCUT2D eigenvalue weighted by Crippen LogP contribution is 2.16. The summed E-state index contributed by atoms with van der Waals surface area (Å²) in [4.78, 5) is 0. The standard InChI is InChI=1S/C9H21NO2/c1-4-5-6-7-9(3,11)12-8(2)10/h8,11H,4-7,10H2,1-3H3. The van der Waals surface area contributed by atoms with E-state index in [1.54, 1.807) is 13.8 Å². The highest BCUT2D eigenvalue weighted by Gasteiger charge is 2.21. The van der Waals surface area contributed by atoms with Crippen LogP contribution in [0.3, 0.4) is 0 Å². The van der Waals surface area contributed by atoms with Crippen molar-refractivity contribution in [3.8, 4) is 0 Å². The summed E-state index contributed by atoms with van der Waals surface area (Å²) in [5.41, 5.74) is 5.40. The van der Waals surface area contributed by atoms with Crippen LogP contribution in [-0.2, 0) is 4.74 Å². The van der Waals surface area contributed by atoms with E-state index in [9.17, 15) is 5.11 Å². The highest BCUT2D eigenvalue weighted by molar-refractivity contribution is 4.60. The van der Waals surface area contributed by atoms with E-state index in [2.05, 4.69) is 6.92 Å². The third-order valence-corrected chi connectivity index (χ3v) is 1.68. The molecule has 0 aliphatic heterocycles. The molecule has 0 saturated carbocycles. The molecular weight excluding hydrogens is 154 g/mol. The van der Waals surface area contributed by atoms with Gasteiger partial charge >= 0.3 is 0 Å². The zero-order valence-electron chi connectivity index (χ0n) is 8.34. The van der Waals surface area contributed by atoms with Gasteiger partial charge < -0.3 is 15.6 Å². The lowest BCUT2D eigenvalue weighted by Crippen LogP contribution is -2.36. The van der Waals surface area contributed by atoms with Crippen LogP contribution >= 0.6 is 0 Å². The summed E-state index contributed by atoms with van der Waals surface area (Å²) in [6.07, 6.45) is 3.51. The van der Waals surface area contributed by atoms with E-state index in [-0.39, 0.29) is 0 Å². The molecule has 3 N–H and O–H groups in total. The minimum atomic E-state index is -1.05. The number of aliphatic hydroxyl groups is 1. The fourth-order valence-electron chi connectivity index (χ4n) is 1.16. The fraction of sp³-hybridized carbons (Fsp3) is 1.00. The monoisotopic (exact) mass is 175 g/mol. The average molecular weight is 175 g/mol. The summed E-state index contributed by atoms with van der Waals surface area (Å²) in [7, 11) is 0. The van der Waals surface area contributed by atoms with Gasteiger partial charge in [0, 0.05) is 6.42 Å². The number of nitrogens with two attached hydrogens (primary N) is 1. The van der Waals surface area contributed by atoms with Crippen LogP contribution in [0.5, 0.6) is 0 Å². The lowest BCUT2D eigenvalue weighted by Gasteiger charge is -2.25. The number of ether oxygens (including phenoxy) is 1. The van der Waals surface area contributed by atoms with Crippen molar-refractivity contribution in [2.24, 2.45) is 5.73 Å². The van der Waals surface area contributed by atoms with Crippen molar-refractivity contribution in [1.82, 2.24) is 0 Å². The summed E-state index contributed by atoms with van der Waals surface area (Å²) < 4.78 is 5.12. The molecule has 0 fully saturated rings. The Labute approximate surface area is 74.9 Å². The number of rotatable bonds is 6. The minimum Gasteiger partial charge on any atom is -0.366 e.